The minimum absolute atomic E-state index is 0.0488. The molecule has 4 rings (SSSR count). The second-order valence-corrected chi connectivity index (χ2v) is 8.48. The van der Waals surface area contributed by atoms with Crippen molar-refractivity contribution in [3.05, 3.63) is 47.5 Å². The van der Waals surface area contributed by atoms with E-state index in [0.717, 1.165) is 28.6 Å². The van der Waals surface area contributed by atoms with Crippen LogP contribution in [0, 0.1) is 28.8 Å². The van der Waals surface area contributed by atoms with Crippen LogP contribution in [0.25, 0.3) is 11.3 Å². The number of aliphatic hydroxyl groups excluding tert-OH is 3. The zero-order valence-corrected chi connectivity index (χ0v) is 18.6. The first-order chi connectivity index (χ1) is 16.8. The van der Waals surface area contributed by atoms with E-state index in [1.165, 1.54) is 19.4 Å². The number of rotatable bonds is 6. The number of aliphatic hydroxyl groups is 3. The number of nitriles is 1. The van der Waals surface area contributed by atoms with E-state index in [4.69, 9.17) is 14.7 Å². The quantitative estimate of drug-likeness (QED) is 0.403. The SMILES string of the molecule is COc1cc(S[C@H]2OC(CO)[C@H](O)C(n3cc(-c4cc(F)c(F)c(F)c4)nn3)C2O)nnc1C#N. The van der Waals surface area contributed by atoms with Crippen LogP contribution in [0.15, 0.2) is 29.4 Å². The molecule has 1 aromatic carbocycles. The van der Waals surface area contributed by atoms with Gasteiger partial charge in [0.1, 0.15) is 46.6 Å². The highest BCUT2D eigenvalue weighted by Crippen LogP contribution is 2.38. The average Bonchev–Trinajstić information content (AvgIpc) is 3.33. The van der Waals surface area contributed by atoms with Crippen LogP contribution in [0.3, 0.4) is 0 Å². The first-order valence-electron chi connectivity index (χ1n) is 9.95. The Morgan fingerprint density at radius 1 is 1.14 bits per heavy atom. The predicted octanol–water partition coefficient (Wildman–Crippen LogP) is 0.805. The van der Waals surface area contributed by atoms with E-state index in [-0.39, 0.29) is 27.7 Å². The summed E-state index contributed by atoms with van der Waals surface area (Å²) in [6, 6.07) is 3.49. The van der Waals surface area contributed by atoms with Crippen LogP contribution in [-0.2, 0) is 4.74 Å². The first-order valence-corrected chi connectivity index (χ1v) is 10.8. The number of methoxy groups -OCH3 is 1. The van der Waals surface area contributed by atoms with E-state index in [0.29, 0.717) is 0 Å². The molecule has 0 amide bonds. The molecule has 0 radical (unpaired) electrons. The van der Waals surface area contributed by atoms with Crippen molar-refractivity contribution in [3.63, 3.8) is 0 Å². The number of ether oxygens (including phenoxy) is 2. The highest BCUT2D eigenvalue weighted by atomic mass is 32.2. The van der Waals surface area contributed by atoms with Crippen molar-refractivity contribution in [2.45, 2.75) is 34.8 Å². The van der Waals surface area contributed by atoms with Gasteiger partial charge in [-0.1, -0.05) is 17.0 Å². The highest BCUT2D eigenvalue weighted by Gasteiger charge is 2.46. The van der Waals surface area contributed by atoms with Crippen LogP contribution in [0.2, 0.25) is 0 Å². The van der Waals surface area contributed by atoms with Gasteiger partial charge in [-0.2, -0.15) is 5.26 Å². The largest absolute Gasteiger partial charge is 0.494 e. The number of hydrogen-bond donors (Lipinski definition) is 3. The Hall–Kier alpha value is -3.29. The van der Waals surface area contributed by atoms with E-state index in [1.807, 2.05) is 6.07 Å². The Morgan fingerprint density at radius 2 is 1.86 bits per heavy atom. The standard InChI is InChI=1S/C20H17F3N6O5S/c1-33-13-4-15(27-25-11(13)5-24)35-20-19(32)17(18(31)14(7-30)34-20)29-6-12(26-28-29)8-2-9(21)16(23)10(22)3-8/h2-4,6,14,17-20,30-32H,7H2,1H3/t14?,17?,18-,19?,20+/m0/s1. The molecule has 3 N–H and O–H groups in total. The molecule has 0 aliphatic carbocycles. The maximum Gasteiger partial charge on any atom is 0.204 e. The van der Waals surface area contributed by atoms with Crippen LogP contribution < -0.4 is 4.74 Å². The normalized spacial score (nSPS) is 24.2. The van der Waals surface area contributed by atoms with Crippen LogP contribution in [0.4, 0.5) is 13.2 Å². The van der Waals surface area contributed by atoms with Crippen molar-refractivity contribution in [1.29, 1.82) is 5.26 Å². The maximum absolute atomic E-state index is 13.6. The van der Waals surface area contributed by atoms with Gasteiger partial charge in [-0.25, -0.2) is 17.9 Å². The molecule has 0 bridgehead atoms. The van der Waals surface area contributed by atoms with E-state index in [2.05, 4.69) is 20.5 Å². The third-order valence-electron chi connectivity index (χ3n) is 5.24. The van der Waals surface area contributed by atoms with Gasteiger partial charge in [0.25, 0.3) is 0 Å². The van der Waals surface area contributed by atoms with E-state index in [9.17, 15) is 28.5 Å². The van der Waals surface area contributed by atoms with Crippen LogP contribution in [0.5, 0.6) is 5.75 Å². The molecular weight excluding hydrogens is 493 g/mol. The van der Waals surface area contributed by atoms with Crippen LogP contribution in [0.1, 0.15) is 11.7 Å². The molecule has 0 spiro atoms. The predicted molar refractivity (Wildman–Crippen MR) is 111 cm³/mol. The van der Waals surface area contributed by atoms with Crippen LogP contribution >= 0.6 is 11.8 Å². The molecule has 1 aliphatic heterocycles. The van der Waals surface area contributed by atoms with E-state index < -0.39 is 53.8 Å². The molecule has 3 unspecified atom stereocenters. The number of halogens is 3. The fourth-order valence-corrected chi connectivity index (χ4v) is 4.50. The molecule has 184 valence electrons. The van der Waals surface area contributed by atoms with Crippen molar-refractivity contribution < 1.29 is 38.0 Å². The molecule has 1 aliphatic rings. The van der Waals surface area contributed by atoms with Gasteiger partial charge >= 0.3 is 0 Å². The Balaban J connectivity index is 1.63. The monoisotopic (exact) mass is 510 g/mol. The molecule has 11 nitrogen and oxygen atoms in total. The number of thioether (sulfide) groups is 1. The Morgan fingerprint density at radius 3 is 2.49 bits per heavy atom. The number of hydrogen-bond acceptors (Lipinski definition) is 11. The van der Waals surface area contributed by atoms with Crippen LogP contribution in [-0.4, -0.2) is 78.0 Å². The Labute approximate surface area is 199 Å². The minimum Gasteiger partial charge on any atom is -0.494 e. The van der Waals surface area contributed by atoms with Gasteiger partial charge < -0.3 is 24.8 Å². The lowest BCUT2D eigenvalue weighted by Crippen LogP contribution is -2.55. The Kier molecular flexibility index (Phi) is 7.19. The molecule has 15 heteroatoms. The van der Waals surface area contributed by atoms with Gasteiger partial charge in [0.2, 0.25) is 5.69 Å². The molecule has 5 atom stereocenters. The number of aromatic nitrogens is 5. The summed E-state index contributed by atoms with van der Waals surface area (Å²) in [5.74, 6) is -4.33. The molecule has 3 heterocycles. The Bertz CT molecular complexity index is 1250. The molecule has 2 aromatic heterocycles. The highest BCUT2D eigenvalue weighted by molar-refractivity contribution is 7.99. The fraction of sp³-hybridized carbons (Fsp3) is 0.350. The zero-order valence-electron chi connectivity index (χ0n) is 17.8. The number of benzene rings is 1. The van der Waals surface area contributed by atoms with Gasteiger partial charge in [-0.05, 0) is 12.1 Å². The fourth-order valence-electron chi connectivity index (χ4n) is 3.50. The molecule has 0 saturated carbocycles. The van der Waals surface area contributed by atoms with Crippen molar-refractivity contribution in [2.75, 3.05) is 13.7 Å². The number of nitrogens with zero attached hydrogens (tertiary/aromatic N) is 6. The summed E-state index contributed by atoms with van der Waals surface area (Å²) in [5.41, 5.74) is -1.32. The molecule has 35 heavy (non-hydrogen) atoms. The second kappa shape index (κ2) is 10.1. The van der Waals surface area contributed by atoms with Gasteiger partial charge in [0, 0.05) is 11.6 Å². The lowest BCUT2D eigenvalue weighted by atomic mass is 9.97. The second-order valence-electron chi connectivity index (χ2n) is 7.36. The van der Waals surface area contributed by atoms with Crippen molar-refractivity contribution >= 4 is 11.8 Å². The lowest BCUT2D eigenvalue weighted by molar-refractivity contribution is -0.178. The smallest absolute Gasteiger partial charge is 0.204 e. The van der Waals surface area contributed by atoms with Crippen molar-refractivity contribution in [1.82, 2.24) is 25.2 Å². The molecule has 1 fully saturated rings. The minimum atomic E-state index is -1.63. The third-order valence-corrected chi connectivity index (χ3v) is 6.31. The van der Waals surface area contributed by atoms with Gasteiger partial charge in [0.05, 0.1) is 19.9 Å². The average molecular weight is 510 g/mol. The molecule has 1 saturated heterocycles. The molecule has 3 aromatic rings. The summed E-state index contributed by atoms with van der Waals surface area (Å²) in [6.45, 7) is -0.611. The summed E-state index contributed by atoms with van der Waals surface area (Å²) < 4.78 is 52.3. The summed E-state index contributed by atoms with van der Waals surface area (Å²) in [5, 5.41) is 55.9. The van der Waals surface area contributed by atoms with Crippen molar-refractivity contribution in [2.24, 2.45) is 0 Å². The zero-order chi connectivity index (χ0) is 25.3. The lowest BCUT2D eigenvalue weighted by Gasteiger charge is -2.41. The van der Waals surface area contributed by atoms with Crippen molar-refractivity contribution in [3.8, 4) is 23.1 Å². The van der Waals surface area contributed by atoms with Gasteiger partial charge in [-0.15, -0.1) is 15.3 Å². The third kappa shape index (κ3) is 4.79. The van der Waals surface area contributed by atoms with E-state index >= 15 is 0 Å². The molecular formula is C20H17F3N6O5S. The summed E-state index contributed by atoms with van der Waals surface area (Å²) in [4.78, 5) is 0. The topological polar surface area (TPSA) is 159 Å². The summed E-state index contributed by atoms with van der Waals surface area (Å²) >= 11 is 0.890. The first kappa shape index (κ1) is 24.8. The maximum atomic E-state index is 13.6. The van der Waals surface area contributed by atoms with E-state index in [1.54, 1.807) is 0 Å². The summed E-state index contributed by atoms with van der Waals surface area (Å²) in [7, 11) is 1.34. The summed E-state index contributed by atoms with van der Waals surface area (Å²) in [6.07, 6.45) is -2.85. The van der Waals surface area contributed by atoms with Gasteiger partial charge in [-0.3, -0.25) is 0 Å². The van der Waals surface area contributed by atoms with Gasteiger partial charge in [0.15, 0.2) is 23.2 Å².